The number of anilines is 1. The maximum atomic E-state index is 12.3. The number of nitrogens with zero attached hydrogens (tertiary/aromatic N) is 4. The summed E-state index contributed by atoms with van der Waals surface area (Å²) in [4.78, 5) is 34.3. The summed E-state index contributed by atoms with van der Waals surface area (Å²) in [5.74, 6) is 0.503. The van der Waals surface area contributed by atoms with Gasteiger partial charge in [-0.15, -0.1) is 0 Å². The molecule has 124 valence electrons. The summed E-state index contributed by atoms with van der Waals surface area (Å²) < 4.78 is 0. The molecule has 2 aliphatic rings. The van der Waals surface area contributed by atoms with Crippen LogP contribution in [0.3, 0.4) is 0 Å². The van der Waals surface area contributed by atoms with Crippen molar-refractivity contribution in [3.63, 3.8) is 0 Å². The van der Waals surface area contributed by atoms with Crippen LogP contribution in [0.1, 0.15) is 12.8 Å². The van der Waals surface area contributed by atoms with Gasteiger partial charge >= 0.3 is 6.03 Å². The molecule has 7 heteroatoms. The molecule has 0 bridgehead atoms. The molecule has 0 saturated carbocycles. The van der Waals surface area contributed by atoms with Crippen molar-refractivity contribution in [2.24, 2.45) is 0 Å². The van der Waals surface area contributed by atoms with Gasteiger partial charge in [0.15, 0.2) is 0 Å². The fourth-order valence-electron chi connectivity index (χ4n) is 3.03. The van der Waals surface area contributed by atoms with E-state index in [1.807, 2.05) is 21.9 Å². The van der Waals surface area contributed by atoms with Crippen molar-refractivity contribution in [2.45, 2.75) is 12.8 Å². The zero-order valence-electron chi connectivity index (χ0n) is 13.3. The molecule has 1 aromatic heterocycles. The fourth-order valence-corrected chi connectivity index (χ4v) is 3.03. The molecule has 0 aliphatic carbocycles. The van der Waals surface area contributed by atoms with Crippen LogP contribution in [0.4, 0.5) is 10.6 Å². The Morgan fingerprint density at radius 1 is 1.00 bits per heavy atom. The average Bonchev–Trinajstić information content (AvgIpc) is 3.10. The number of hydrogen-bond donors (Lipinski definition) is 1. The van der Waals surface area contributed by atoms with E-state index in [4.69, 9.17) is 0 Å². The first-order chi connectivity index (χ1) is 11.2. The fraction of sp³-hybridized carbons (Fsp3) is 0.562. The number of rotatable bonds is 3. The summed E-state index contributed by atoms with van der Waals surface area (Å²) in [5.41, 5.74) is 0. The third-order valence-corrected chi connectivity index (χ3v) is 4.32. The van der Waals surface area contributed by atoms with Gasteiger partial charge in [-0.2, -0.15) is 0 Å². The maximum absolute atomic E-state index is 12.3. The lowest BCUT2D eigenvalue weighted by molar-refractivity contribution is -0.117. The Labute approximate surface area is 136 Å². The predicted molar refractivity (Wildman–Crippen MR) is 87.1 cm³/mol. The molecular weight excluding hydrogens is 294 g/mol. The Hall–Kier alpha value is -2.15. The van der Waals surface area contributed by atoms with Crippen LogP contribution in [0.15, 0.2) is 24.4 Å². The first kappa shape index (κ1) is 15.7. The molecule has 23 heavy (non-hydrogen) atoms. The quantitative estimate of drug-likeness (QED) is 0.897. The van der Waals surface area contributed by atoms with Gasteiger partial charge in [-0.05, 0) is 25.0 Å². The van der Waals surface area contributed by atoms with E-state index in [0.29, 0.717) is 25.5 Å². The van der Waals surface area contributed by atoms with E-state index in [1.54, 1.807) is 12.3 Å². The van der Waals surface area contributed by atoms with E-state index in [1.165, 1.54) is 0 Å². The lowest BCUT2D eigenvalue weighted by Crippen LogP contribution is -2.53. The molecule has 0 radical (unpaired) electrons. The van der Waals surface area contributed by atoms with Crippen LogP contribution >= 0.6 is 0 Å². The van der Waals surface area contributed by atoms with Gasteiger partial charge in [0.2, 0.25) is 5.91 Å². The number of carbonyl (C=O) groups is 2. The topological polar surface area (TPSA) is 68.8 Å². The normalized spacial score (nSPS) is 19.0. The van der Waals surface area contributed by atoms with E-state index in [2.05, 4.69) is 15.2 Å². The first-order valence-electron chi connectivity index (χ1n) is 8.19. The van der Waals surface area contributed by atoms with Crippen LogP contribution < -0.4 is 5.32 Å². The summed E-state index contributed by atoms with van der Waals surface area (Å²) in [6.45, 7) is 4.93. The summed E-state index contributed by atoms with van der Waals surface area (Å²) in [7, 11) is 0. The first-order valence-corrected chi connectivity index (χ1v) is 8.19. The van der Waals surface area contributed by atoms with Crippen molar-refractivity contribution < 1.29 is 9.59 Å². The van der Waals surface area contributed by atoms with Crippen molar-refractivity contribution in [1.82, 2.24) is 19.7 Å². The largest absolute Gasteiger partial charge is 0.325 e. The zero-order valence-corrected chi connectivity index (χ0v) is 13.3. The van der Waals surface area contributed by atoms with Gasteiger partial charge in [-0.3, -0.25) is 9.69 Å². The lowest BCUT2D eigenvalue weighted by atomic mass is 10.3. The Balaban J connectivity index is 1.42. The Kier molecular flexibility index (Phi) is 5.07. The minimum absolute atomic E-state index is 0.0666. The van der Waals surface area contributed by atoms with Crippen LogP contribution in [0, 0.1) is 0 Å². The van der Waals surface area contributed by atoms with Gasteiger partial charge in [0, 0.05) is 45.5 Å². The molecule has 1 N–H and O–H groups in total. The van der Waals surface area contributed by atoms with E-state index < -0.39 is 0 Å². The van der Waals surface area contributed by atoms with Crippen LogP contribution in [0.2, 0.25) is 0 Å². The third-order valence-electron chi connectivity index (χ3n) is 4.32. The lowest BCUT2D eigenvalue weighted by Gasteiger charge is -2.36. The molecule has 0 atom stereocenters. The number of aromatic nitrogens is 1. The summed E-state index contributed by atoms with van der Waals surface area (Å²) in [6.07, 6.45) is 3.87. The van der Waals surface area contributed by atoms with Gasteiger partial charge in [0.05, 0.1) is 6.54 Å². The van der Waals surface area contributed by atoms with E-state index in [0.717, 1.165) is 39.0 Å². The van der Waals surface area contributed by atoms with Crippen molar-refractivity contribution in [2.75, 3.05) is 51.1 Å². The smallest absolute Gasteiger partial charge is 0.320 e. The molecule has 0 unspecified atom stereocenters. The average molecular weight is 317 g/mol. The predicted octanol–water partition coefficient (Wildman–Crippen LogP) is 0.853. The number of amides is 3. The van der Waals surface area contributed by atoms with Crippen molar-refractivity contribution in [1.29, 1.82) is 0 Å². The number of nitrogens with one attached hydrogen (secondary N) is 1. The summed E-state index contributed by atoms with van der Waals surface area (Å²) >= 11 is 0. The van der Waals surface area contributed by atoms with Gasteiger partial charge < -0.3 is 15.1 Å². The molecule has 3 heterocycles. The van der Waals surface area contributed by atoms with Crippen molar-refractivity contribution in [3.8, 4) is 0 Å². The summed E-state index contributed by atoms with van der Waals surface area (Å²) in [6, 6.07) is 5.57. The molecule has 2 saturated heterocycles. The molecule has 3 rings (SSSR count). The van der Waals surface area contributed by atoms with Crippen LogP contribution in [0.5, 0.6) is 0 Å². The number of likely N-dealkylation sites (tertiary alicyclic amines) is 1. The monoisotopic (exact) mass is 317 g/mol. The minimum atomic E-state index is -0.0666. The maximum Gasteiger partial charge on any atom is 0.320 e. The van der Waals surface area contributed by atoms with E-state index in [9.17, 15) is 9.59 Å². The number of pyridine rings is 1. The molecule has 2 fully saturated rings. The second-order valence-corrected chi connectivity index (χ2v) is 6.00. The Bertz CT molecular complexity index is 537. The van der Waals surface area contributed by atoms with Gasteiger partial charge in [0.25, 0.3) is 0 Å². The zero-order chi connectivity index (χ0) is 16.1. The van der Waals surface area contributed by atoms with Crippen molar-refractivity contribution >= 4 is 17.8 Å². The number of piperazine rings is 1. The molecule has 7 nitrogen and oxygen atoms in total. The third kappa shape index (κ3) is 4.19. The van der Waals surface area contributed by atoms with Gasteiger partial charge in [-0.1, -0.05) is 6.07 Å². The highest BCUT2D eigenvalue weighted by molar-refractivity contribution is 5.91. The second-order valence-electron chi connectivity index (χ2n) is 6.00. The SMILES string of the molecule is O=C(CN1CCN(C(=O)N2CCCC2)CC1)Nc1ccccn1. The highest BCUT2D eigenvalue weighted by atomic mass is 16.2. The molecule has 1 aromatic rings. The highest BCUT2D eigenvalue weighted by Crippen LogP contribution is 2.12. The van der Waals surface area contributed by atoms with E-state index in [-0.39, 0.29) is 11.9 Å². The Morgan fingerprint density at radius 2 is 1.70 bits per heavy atom. The highest BCUT2D eigenvalue weighted by Gasteiger charge is 2.27. The minimum Gasteiger partial charge on any atom is -0.325 e. The van der Waals surface area contributed by atoms with Crippen LogP contribution in [-0.4, -0.2) is 77.4 Å². The number of urea groups is 1. The van der Waals surface area contributed by atoms with Crippen LogP contribution in [0.25, 0.3) is 0 Å². The van der Waals surface area contributed by atoms with Gasteiger partial charge in [0.1, 0.15) is 5.82 Å². The Morgan fingerprint density at radius 3 is 2.35 bits per heavy atom. The van der Waals surface area contributed by atoms with Crippen LogP contribution in [-0.2, 0) is 4.79 Å². The molecule has 3 amide bonds. The van der Waals surface area contributed by atoms with Gasteiger partial charge in [-0.25, -0.2) is 9.78 Å². The number of carbonyl (C=O) groups excluding carboxylic acids is 2. The standard InChI is InChI=1S/C16H23N5O2/c22-15(18-14-5-1-2-6-17-14)13-19-9-11-21(12-10-19)16(23)20-7-3-4-8-20/h1-2,5-6H,3-4,7-13H2,(H,17,18,22). The molecule has 2 aliphatic heterocycles. The van der Waals surface area contributed by atoms with E-state index >= 15 is 0 Å². The molecule has 0 spiro atoms. The van der Waals surface area contributed by atoms with Crippen molar-refractivity contribution in [3.05, 3.63) is 24.4 Å². The molecular formula is C16H23N5O2. The second kappa shape index (κ2) is 7.41. The molecule has 0 aromatic carbocycles. The summed E-state index contributed by atoms with van der Waals surface area (Å²) in [5, 5.41) is 2.79. The number of hydrogen-bond acceptors (Lipinski definition) is 4.